The van der Waals surface area contributed by atoms with Crippen molar-refractivity contribution < 1.29 is 0 Å². The van der Waals surface area contributed by atoms with Crippen LogP contribution < -0.4 is 5.32 Å². The first-order valence-corrected chi connectivity index (χ1v) is 7.78. The molecule has 0 saturated heterocycles. The molecule has 0 radical (unpaired) electrons. The van der Waals surface area contributed by atoms with E-state index in [0.717, 1.165) is 20.9 Å². The van der Waals surface area contributed by atoms with Crippen molar-refractivity contribution in [3.8, 4) is 0 Å². The van der Waals surface area contributed by atoms with Gasteiger partial charge in [0.1, 0.15) is 0 Å². The summed E-state index contributed by atoms with van der Waals surface area (Å²) in [4.78, 5) is 4.01. The second-order valence-electron chi connectivity index (χ2n) is 4.22. The van der Waals surface area contributed by atoms with Crippen LogP contribution in [0.15, 0.2) is 45.6 Å². The third kappa shape index (κ3) is 4.02. The molecule has 100 valence electrons. The van der Waals surface area contributed by atoms with E-state index in [9.17, 15) is 0 Å². The molecule has 1 unspecified atom stereocenters. The van der Waals surface area contributed by atoms with Gasteiger partial charge in [-0.3, -0.25) is 4.98 Å². The van der Waals surface area contributed by atoms with Crippen molar-refractivity contribution in [2.24, 2.45) is 0 Å². The van der Waals surface area contributed by atoms with E-state index in [1.807, 2.05) is 19.2 Å². The van der Waals surface area contributed by atoms with E-state index in [-0.39, 0.29) is 6.04 Å². The summed E-state index contributed by atoms with van der Waals surface area (Å²) in [6.45, 7) is 0. The van der Waals surface area contributed by atoms with Crippen LogP contribution in [0.4, 0.5) is 0 Å². The van der Waals surface area contributed by atoms with Crippen LogP contribution in [0.3, 0.4) is 0 Å². The summed E-state index contributed by atoms with van der Waals surface area (Å²) >= 11 is 13.2. The van der Waals surface area contributed by atoms with Gasteiger partial charge in [-0.25, -0.2) is 0 Å². The second kappa shape index (κ2) is 6.84. The maximum atomic E-state index is 6.17. The zero-order valence-corrected chi connectivity index (χ0v) is 14.3. The SMILES string of the molecule is CNC(Cc1ccncc1Cl)c1cc(Br)cc(Br)c1. The van der Waals surface area contributed by atoms with E-state index in [4.69, 9.17) is 11.6 Å². The number of nitrogens with zero attached hydrogens (tertiary/aromatic N) is 1. The Balaban J connectivity index is 2.28. The average Bonchev–Trinajstić information content (AvgIpc) is 2.36. The van der Waals surface area contributed by atoms with Gasteiger partial charge in [0.15, 0.2) is 0 Å². The first-order valence-electron chi connectivity index (χ1n) is 5.82. The fraction of sp³-hybridized carbons (Fsp3) is 0.214. The molecule has 0 amide bonds. The molecule has 1 heterocycles. The van der Waals surface area contributed by atoms with Gasteiger partial charge in [0.2, 0.25) is 0 Å². The van der Waals surface area contributed by atoms with E-state index >= 15 is 0 Å². The van der Waals surface area contributed by atoms with E-state index in [2.05, 4.69) is 54.3 Å². The normalized spacial score (nSPS) is 12.4. The quantitative estimate of drug-likeness (QED) is 0.795. The molecule has 0 fully saturated rings. The van der Waals surface area contributed by atoms with Gasteiger partial charge in [-0.05, 0) is 48.9 Å². The Bertz CT molecular complexity index is 555. The first-order chi connectivity index (χ1) is 9.10. The standard InChI is InChI=1S/C14H13Br2ClN2/c1-18-14(6-9-2-3-19-8-13(9)17)10-4-11(15)7-12(16)5-10/h2-5,7-8,14,18H,6H2,1H3. The van der Waals surface area contributed by atoms with Crippen LogP contribution in [0.5, 0.6) is 0 Å². The highest BCUT2D eigenvalue weighted by Crippen LogP contribution is 2.27. The lowest BCUT2D eigenvalue weighted by Gasteiger charge is -2.18. The predicted molar refractivity (Wildman–Crippen MR) is 86.6 cm³/mol. The van der Waals surface area contributed by atoms with Crippen molar-refractivity contribution in [2.45, 2.75) is 12.5 Å². The smallest absolute Gasteiger partial charge is 0.0622 e. The third-order valence-electron chi connectivity index (χ3n) is 2.92. The summed E-state index contributed by atoms with van der Waals surface area (Å²) in [5.41, 5.74) is 2.30. The maximum absolute atomic E-state index is 6.17. The van der Waals surface area contributed by atoms with E-state index in [1.54, 1.807) is 12.4 Å². The molecule has 0 saturated carbocycles. The second-order valence-corrected chi connectivity index (χ2v) is 6.45. The van der Waals surface area contributed by atoms with Crippen LogP contribution in [-0.4, -0.2) is 12.0 Å². The largest absolute Gasteiger partial charge is 0.313 e. The lowest BCUT2D eigenvalue weighted by atomic mass is 10.00. The van der Waals surface area contributed by atoms with Gasteiger partial charge in [-0.2, -0.15) is 0 Å². The third-order valence-corrected chi connectivity index (χ3v) is 4.17. The van der Waals surface area contributed by atoms with Gasteiger partial charge in [0.05, 0.1) is 5.02 Å². The molecule has 2 aromatic rings. The molecular weight excluding hydrogens is 391 g/mol. The van der Waals surface area contributed by atoms with E-state index in [1.165, 1.54) is 5.56 Å². The number of halogens is 3. The minimum atomic E-state index is 0.202. The van der Waals surface area contributed by atoms with Crippen molar-refractivity contribution in [1.82, 2.24) is 10.3 Å². The number of rotatable bonds is 4. The number of hydrogen-bond donors (Lipinski definition) is 1. The first kappa shape index (κ1) is 15.0. The summed E-state index contributed by atoms with van der Waals surface area (Å²) in [6, 6.07) is 8.41. The van der Waals surface area contributed by atoms with Crippen molar-refractivity contribution in [1.29, 1.82) is 0 Å². The Morgan fingerprint density at radius 1 is 1.26 bits per heavy atom. The molecule has 5 heteroatoms. The van der Waals surface area contributed by atoms with Gasteiger partial charge in [0.25, 0.3) is 0 Å². The molecular formula is C14H13Br2ClN2. The van der Waals surface area contributed by atoms with Crippen molar-refractivity contribution >= 4 is 43.5 Å². The van der Waals surface area contributed by atoms with Crippen LogP contribution >= 0.6 is 43.5 Å². The molecule has 0 aliphatic carbocycles. The highest BCUT2D eigenvalue weighted by molar-refractivity contribution is 9.11. The fourth-order valence-electron chi connectivity index (χ4n) is 1.95. The molecule has 0 spiro atoms. The van der Waals surface area contributed by atoms with Crippen LogP contribution in [0.2, 0.25) is 5.02 Å². The zero-order valence-electron chi connectivity index (χ0n) is 10.3. The molecule has 0 bridgehead atoms. The number of pyridine rings is 1. The maximum Gasteiger partial charge on any atom is 0.0622 e. The summed E-state index contributed by atoms with van der Waals surface area (Å²) in [5.74, 6) is 0. The van der Waals surface area contributed by atoms with E-state index in [0.29, 0.717) is 5.02 Å². The Kier molecular flexibility index (Phi) is 5.39. The summed E-state index contributed by atoms with van der Waals surface area (Å²) in [6.07, 6.45) is 4.27. The number of aromatic nitrogens is 1. The molecule has 0 aliphatic rings. The minimum Gasteiger partial charge on any atom is -0.313 e. The molecule has 19 heavy (non-hydrogen) atoms. The molecule has 1 N–H and O–H groups in total. The molecule has 1 aromatic heterocycles. The molecule has 2 rings (SSSR count). The summed E-state index contributed by atoms with van der Waals surface area (Å²) in [5, 5.41) is 4.03. The molecule has 1 atom stereocenters. The molecule has 1 aromatic carbocycles. The monoisotopic (exact) mass is 402 g/mol. The number of likely N-dealkylation sites (N-methyl/N-ethyl adjacent to an activating group) is 1. The molecule has 2 nitrogen and oxygen atoms in total. The lowest BCUT2D eigenvalue weighted by molar-refractivity contribution is 0.591. The predicted octanol–water partition coefficient (Wildman–Crippen LogP) is 4.76. The van der Waals surface area contributed by atoms with Crippen molar-refractivity contribution in [3.63, 3.8) is 0 Å². The Labute approximate surface area is 134 Å². The Morgan fingerprint density at radius 3 is 2.53 bits per heavy atom. The number of hydrogen-bond acceptors (Lipinski definition) is 2. The lowest BCUT2D eigenvalue weighted by Crippen LogP contribution is -2.19. The van der Waals surface area contributed by atoms with Crippen molar-refractivity contribution in [3.05, 3.63) is 61.8 Å². The molecule has 0 aliphatic heterocycles. The Morgan fingerprint density at radius 2 is 1.95 bits per heavy atom. The highest BCUT2D eigenvalue weighted by Gasteiger charge is 2.13. The van der Waals surface area contributed by atoms with E-state index < -0.39 is 0 Å². The minimum absolute atomic E-state index is 0.202. The van der Waals surface area contributed by atoms with Gasteiger partial charge >= 0.3 is 0 Å². The van der Waals surface area contributed by atoms with Gasteiger partial charge < -0.3 is 5.32 Å². The summed E-state index contributed by atoms with van der Waals surface area (Å²) in [7, 11) is 1.95. The Hall–Kier alpha value is -0.420. The van der Waals surface area contributed by atoms with Gasteiger partial charge in [-0.15, -0.1) is 0 Å². The van der Waals surface area contributed by atoms with Crippen LogP contribution in [-0.2, 0) is 6.42 Å². The summed E-state index contributed by atoms with van der Waals surface area (Å²) < 4.78 is 2.11. The number of benzene rings is 1. The topological polar surface area (TPSA) is 24.9 Å². The highest BCUT2D eigenvalue weighted by atomic mass is 79.9. The van der Waals surface area contributed by atoms with Crippen LogP contribution in [0.25, 0.3) is 0 Å². The van der Waals surface area contributed by atoms with Crippen LogP contribution in [0, 0.1) is 0 Å². The zero-order chi connectivity index (χ0) is 13.8. The van der Waals surface area contributed by atoms with Crippen molar-refractivity contribution in [2.75, 3.05) is 7.05 Å². The fourth-order valence-corrected chi connectivity index (χ4v) is 3.48. The van der Waals surface area contributed by atoms with Crippen LogP contribution in [0.1, 0.15) is 17.2 Å². The number of nitrogens with one attached hydrogen (secondary N) is 1. The van der Waals surface area contributed by atoms with Gasteiger partial charge in [-0.1, -0.05) is 43.5 Å². The van der Waals surface area contributed by atoms with Gasteiger partial charge in [0, 0.05) is 27.4 Å². The average molecular weight is 405 g/mol.